The van der Waals surface area contributed by atoms with Crippen molar-refractivity contribution in [2.75, 3.05) is 6.54 Å². The highest BCUT2D eigenvalue weighted by Crippen LogP contribution is 2.33. The monoisotopic (exact) mass is 278 g/mol. The molecule has 0 atom stereocenters. The Morgan fingerprint density at radius 2 is 2.21 bits per heavy atom. The van der Waals surface area contributed by atoms with Crippen LogP contribution in [0.2, 0.25) is 0 Å². The number of rotatable bonds is 6. The third-order valence-electron chi connectivity index (χ3n) is 3.04. The molecule has 0 bridgehead atoms. The number of thiazole rings is 1. The second-order valence-corrected chi connectivity index (χ2v) is 6.18. The zero-order chi connectivity index (χ0) is 13.8. The van der Waals surface area contributed by atoms with E-state index in [4.69, 9.17) is 9.40 Å². The molecule has 0 spiro atoms. The van der Waals surface area contributed by atoms with Gasteiger partial charge in [0.2, 0.25) is 0 Å². The van der Waals surface area contributed by atoms with Crippen molar-refractivity contribution in [3.8, 4) is 10.8 Å². The lowest BCUT2D eigenvalue weighted by Crippen LogP contribution is -2.14. The summed E-state index contributed by atoms with van der Waals surface area (Å²) in [5, 5.41) is 4.46. The molecule has 4 heteroatoms. The zero-order valence-corrected chi connectivity index (χ0v) is 12.9. The number of aromatic nitrogens is 1. The van der Waals surface area contributed by atoms with Gasteiger partial charge in [-0.2, -0.15) is 0 Å². The fourth-order valence-corrected chi connectivity index (χ4v) is 3.25. The van der Waals surface area contributed by atoms with E-state index in [0.29, 0.717) is 5.92 Å². The lowest BCUT2D eigenvalue weighted by atomic mass is 10.1. The van der Waals surface area contributed by atoms with Gasteiger partial charge in [-0.1, -0.05) is 20.8 Å². The van der Waals surface area contributed by atoms with Gasteiger partial charge in [0.1, 0.15) is 0 Å². The molecule has 3 nitrogen and oxygen atoms in total. The number of furan rings is 1. The fraction of sp³-hybridized carbons (Fsp3) is 0.533. The molecule has 0 aromatic carbocycles. The number of aryl methyl sites for hydroxylation is 1. The highest BCUT2D eigenvalue weighted by atomic mass is 32.1. The Morgan fingerprint density at radius 3 is 2.79 bits per heavy atom. The van der Waals surface area contributed by atoms with Crippen molar-refractivity contribution in [3.05, 3.63) is 28.5 Å². The standard InChI is InChI=1S/C15H22N2OS/c1-5-7-16-9-12-13(10(2)3)17-15(19-12)14-11(4)6-8-18-14/h6,8,10,16H,5,7,9H2,1-4H3. The molecule has 0 aliphatic heterocycles. The summed E-state index contributed by atoms with van der Waals surface area (Å²) in [6.07, 6.45) is 2.89. The first-order valence-corrected chi connectivity index (χ1v) is 7.69. The molecule has 1 N–H and O–H groups in total. The fourth-order valence-electron chi connectivity index (χ4n) is 2.01. The maximum absolute atomic E-state index is 5.55. The van der Waals surface area contributed by atoms with Crippen LogP contribution in [0.3, 0.4) is 0 Å². The van der Waals surface area contributed by atoms with E-state index >= 15 is 0 Å². The van der Waals surface area contributed by atoms with Gasteiger partial charge < -0.3 is 9.73 Å². The summed E-state index contributed by atoms with van der Waals surface area (Å²) in [6.45, 7) is 10.6. The molecule has 19 heavy (non-hydrogen) atoms. The summed E-state index contributed by atoms with van der Waals surface area (Å²) in [7, 11) is 0. The van der Waals surface area contributed by atoms with Crippen molar-refractivity contribution in [2.24, 2.45) is 0 Å². The van der Waals surface area contributed by atoms with Crippen LogP contribution in [-0.2, 0) is 6.54 Å². The van der Waals surface area contributed by atoms with E-state index in [0.717, 1.165) is 35.8 Å². The molecule has 0 saturated carbocycles. The van der Waals surface area contributed by atoms with Crippen LogP contribution < -0.4 is 5.32 Å². The van der Waals surface area contributed by atoms with Gasteiger partial charge in [0.25, 0.3) is 0 Å². The van der Waals surface area contributed by atoms with Crippen molar-refractivity contribution in [2.45, 2.75) is 46.6 Å². The second kappa shape index (κ2) is 6.35. The summed E-state index contributed by atoms with van der Waals surface area (Å²) in [5.41, 5.74) is 2.34. The first kappa shape index (κ1) is 14.3. The smallest absolute Gasteiger partial charge is 0.165 e. The first-order valence-electron chi connectivity index (χ1n) is 6.88. The summed E-state index contributed by atoms with van der Waals surface area (Å²) in [5.74, 6) is 1.35. The van der Waals surface area contributed by atoms with E-state index in [2.05, 4.69) is 33.0 Å². The Morgan fingerprint density at radius 1 is 1.42 bits per heavy atom. The molecule has 2 aromatic rings. The summed E-state index contributed by atoms with van der Waals surface area (Å²) in [6, 6.07) is 1.99. The van der Waals surface area contributed by atoms with Gasteiger partial charge >= 0.3 is 0 Å². The van der Waals surface area contributed by atoms with E-state index in [9.17, 15) is 0 Å². The van der Waals surface area contributed by atoms with Gasteiger partial charge in [-0.3, -0.25) is 0 Å². The van der Waals surface area contributed by atoms with E-state index in [-0.39, 0.29) is 0 Å². The largest absolute Gasteiger partial charge is 0.462 e. The van der Waals surface area contributed by atoms with Gasteiger partial charge in [-0.25, -0.2) is 4.98 Å². The van der Waals surface area contributed by atoms with Crippen LogP contribution in [0.4, 0.5) is 0 Å². The van der Waals surface area contributed by atoms with Crippen LogP contribution in [0.5, 0.6) is 0 Å². The molecule has 0 aliphatic carbocycles. The van der Waals surface area contributed by atoms with Crippen LogP contribution in [0.1, 0.15) is 49.2 Å². The molecule has 0 aliphatic rings. The van der Waals surface area contributed by atoms with Crippen LogP contribution >= 0.6 is 11.3 Å². The minimum Gasteiger partial charge on any atom is -0.462 e. The van der Waals surface area contributed by atoms with Gasteiger partial charge in [0.15, 0.2) is 10.8 Å². The van der Waals surface area contributed by atoms with Crippen molar-refractivity contribution >= 4 is 11.3 Å². The van der Waals surface area contributed by atoms with E-state index in [1.54, 1.807) is 17.6 Å². The van der Waals surface area contributed by atoms with Gasteiger partial charge in [0.05, 0.1) is 12.0 Å². The predicted octanol–water partition coefficient (Wildman–Crippen LogP) is 4.33. The molecule has 0 fully saturated rings. The topological polar surface area (TPSA) is 38.1 Å². The molecular weight excluding hydrogens is 256 g/mol. The lowest BCUT2D eigenvalue weighted by Gasteiger charge is -2.05. The third kappa shape index (κ3) is 3.25. The van der Waals surface area contributed by atoms with Crippen molar-refractivity contribution in [1.29, 1.82) is 0 Å². The Kier molecular flexibility index (Phi) is 4.77. The Balaban J connectivity index is 2.27. The van der Waals surface area contributed by atoms with Crippen molar-refractivity contribution in [3.63, 3.8) is 0 Å². The van der Waals surface area contributed by atoms with Crippen molar-refractivity contribution < 1.29 is 4.42 Å². The highest BCUT2D eigenvalue weighted by Gasteiger charge is 2.17. The maximum Gasteiger partial charge on any atom is 0.165 e. The molecule has 0 amide bonds. The van der Waals surface area contributed by atoms with Crippen LogP contribution in [0.15, 0.2) is 16.7 Å². The second-order valence-electron chi connectivity index (χ2n) is 5.09. The van der Waals surface area contributed by atoms with Gasteiger partial charge in [0, 0.05) is 11.4 Å². The summed E-state index contributed by atoms with van der Waals surface area (Å²) < 4.78 is 5.55. The molecule has 2 rings (SSSR count). The molecule has 2 heterocycles. The maximum atomic E-state index is 5.55. The SMILES string of the molecule is CCCNCc1sc(-c2occc2C)nc1C(C)C. The minimum absolute atomic E-state index is 0.443. The number of nitrogens with zero attached hydrogens (tertiary/aromatic N) is 1. The number of nitrogens with one attached hydrogen (secondary N) is 1. The average molecular weight is 278 g/mol. The van der Waals surface area contributed by atoms with E-state index in [1.807, 2.05) is 6.07 Å². The normalized spacial score (nSPS) is 11.4. The van der Waals surface area contributed by atoms with Gasteiger partial charge in [-0.15, -0.1) is 11.3 Å². The number of hydrogen-bond acceptors (Lipinski definition) is 4. The predicted molar refractivity (Wildman–Crippen MR) is 80.6 cm³/mol. The van der Waals surface area contributed by atoms with E-state index < -0.39 is 0 Å². The average Bonchev–Trinajstić information content (AvgIpc) is 2.95. The van der Waals surface area contributed by atoms with Crippen LogP contribution in [-0.4, -0.2) is 11.5 Å². The molecule has 104 valence electrons. The Labute approximate surface area is 119 Å². The minimum atomic E-state index is 0.443. The highest BCUT2D eigenvalue weighted by molar-refractivity contribution is 7.15. The number of hydrogen-bond donors (Lipinski definition) is 1. The van der Waals surface area contributed by atoms with Crippen molar-refractivity contribution in [1.82, 2.24) is 10.3 Å². The summed E-state index contributed by atoms with van der Waals surface area (Å²) >= 11 is 1.74. The molecule has 2 aromatic heterocycles. The third-order valence-corrected chi connectivity index (χ3v) is 4.11. The molecule has 0 radical (unpaired) electrons. The molecule has 0 saturated heterocycles. The Hall–Kier alpha value is -1.13. The van der Waals surface area contributed by atoms with E-state index in [1.165, 1.54) is 10.6 Å². The van der Waals surface area contributed by atoms with Gasteiger partial charge in [-0.05, 0) is 37.4 Å². The lowest BCUT2D eigenvalue weighted by molar-refractivity contribution is 0.580. The van der Waals surface area contributed by atoms with Crippen LogP contribution in [0, 0.1) is 6.92 Å². The quantitative estimate of drug-likeness (QED) is 0.799. The zero-order valence-electron chi connectivity index (χ0n) is 12.1. The van der Waals surface area contributed by atoms with Crippen LogP contribution in [0.25, 0.3) is 10.8 Å². The molecular formula is C15H22N2OS. The first-order chi connectivity index (χ1) is 9.13. The Bertz CT molecular complexity index is 528. The molecule has 0 unspecified atom stereocenters. The summed E-state index contributed by atoms with van der Waals surface area (Å²) in [4.78, 5) is 6.10.